The second-order valence-corrected chi connectivity index (χ2v) is 6.16. The Bertz CT molecular complexity index is 296. The number of halogens is 1. The van der Waals surface area contributed by atoms with E-state index in [2.05, 4.69) is 36.7 Å². The van der Waals surface area contributed by atoms with E-state index in [4.69, 9.17) is 0 Å². The van der Waals surface area contributed by atoms with Gasteiger partial charge in [0.15, 0.2) is 6.29 Å². The molecule has 0 fully saturated rings. The van der Waals surface area contributed by atoms with E-state index in [0.717, 1.165) is 20.5 Å². The maximum absolute atomic E-state index is 10.7. The van der Waals surface area contributed by atoms with Crippen molar-refractivity contribution in [1.29, 1.82) is 0 Å². The summed E-state index contributed by atoms with van der Waals surface area (Å²) < 4.78 is 1.02. The zero-order valence-corrected chi connectivity index (χ0v) is 9.75. The van der Waals surface area contributed by atoms with E-state index in [0.29, 0.717) is 0 Å². The number of carbonyl (C=O) groups is 1. The van der Waals surface area contributed by atoms with Gasteiger partial charge in [0, 0.05) is 0 Å². The van der Waals surface area contributed by atoms with E-state index in [1.807, 2.05) is 6.07 Å². The highest BCUT2D eigenvalue weighted by atomic mass is 79.9. The zero-order chi connectivity index (χ0) is 9.35. The number of carbonyl (C=O) groups excluding carboxylic acids is 1. The van der Waals surface area contributed by atoms with Gasteiger partial charge in [-0.2, -0.15) is 0 Å². The van der Waals surface area contributed by atoms with Gasteiger partial charge in [-0.3, -0.25) is 4.79 Å². The van der Waals surface area contributed by atoms with Gasteiger partial charge in [0.25, 0.3) is 0 Å². The first kappa shape index (κ1) is 9.93. The number of thiophene rings is 1. The minimum Gasteiger partial charge on any atom is -0.297 e. The molecule has 1 heterocycles. The monoisotopic (exact) mass is 246 g/mol. The molecule has 0 saturated carbocycles. The SMILES string of the molecule is CC(C)(C)c1cc(Br)sc1C=O. The van der Waals surface area contributed by atoms with Gasteiger partial charge in [-0.15, -0.1) is 11.3 Å². The lowest BCUT2D eigenvalue weighted by Crippen LogP contribution is -2.11. The van der Waals surface area contributed by atoms with Gasteiger partial charge in [-0.25, -0.2) is 0 Å². The van der Waals surface area contributed by atoms with Crippen LogP contribution in [0.3, 0.4) is 0 Å². The summed E-state index contributed by atoms with van der Waals surface area (Å²) in [7, 11) is 0. The van der Waals surface area contributed by atoms with Crippen molar-refractivity contribution >= 4 is 33.6 Å². The Hall–Kier alpha value is -0.150. The molecular formula is C9H11BrOS. The Kier molecular flexibility index (Phi) is 2.74. The predicted molar refractivity (Wildman–Crippen MR) is 56.1 cm³/mol. The van der Waals surface area contributed by atoms with E-state index < -0.39 is 0 Å². The summed E-state index contributed by atoms with van der Waals surface area (Å²) >= 11 is 4.87. The Labute approximate surface area is 84.9 Å². The summed E-state index contributed by atoms with van der Waals surface area (Å²) in [6.07, 6.45) is 0.927. The van der Waals surface area contributed by atoms with Gasteiger partial charge >= 0.3 is 0 Å². The van der Waals surface area contributed by atoms with Crippen LogP contribution in [-0.2, 0) is 5.41 Å². The van der Waals surface area contributed by atoms with E-state index in [-0.39, 0.29) is 5.41 Å². The molecule has 0 amide bonds. The third kappa shape index (κ3) is 1.96. The second kappa shape index (κ2) is 3.30. The predicted octanol–water partition coefficient (Wildman–Crippen LogP) is 3.62. The molecule has 3 heteroatoms. The Morgan fingerprint density at radius 3 is 2.42 bits per heavy atom. The van der Waals surface area contributed by atoms with Crippen molar-refractivity contribution in [3.05, 3.63) is 20.3 Å². The molecule has 0 bridgehead atoms. The van der Waals surface area contributed by atoms with Gasteiger partial charge in [0.2, 0.25) is 0 Å². The molecule has 0 unspecified atom stereocenters. The van der Waals surface area contributed by atoms with Crippen LogP contribution in [0.5, 0.6) is 0 Å². The van der Waals surface area contributed by atoms with Crippen LogP contribution in [-0.4, -0.2) is 6.29 Å². The van der Waals surface area contributed by atoms with Crippen LogP contribution in [0.15, 0.2) is 9.85 Å². The van der Waals surface area contributed by atoms with Gasteiger partial charge in [-0.1, -0.05) is 20.8 Å². The van der Waals surface area contributed by atoms with Crippen molar-refractivity contribution in [3.63, 3.8) is 0 Å². The Balaban J connectivity index is 3.22. The summed E-state index contributed by atoms with van der Waals surface area (Å²) in [6.45, 7) is 6.32. The molecule has 0 N–H and O–H groups in total. The summed E-state index contributed by atoms with van der Waals surface area (Å²) in [5.74, 6) is 0. The average molecular weight is 247 g/mol. The maximum atomic E-state index is 10.7. The van der Waals surface area contributed by atoms with Crippen molar-refractivity contribution in [2.24, 2.45) is 0 Å². The number of hydrogen-bond donors (Lipinski definition) is 0. The highest BCUT2D eigenvalue weighted by Crippen LogP contribution is 2.33. The van der Waals surface area contributed by atoms with Crippen molar-refractivity contribution in [3.8, 4) is 0 Å². The smallest absolute Gasteiger partial charge is 0.160 e. The lowest BCUT2D eigenvalue weighted by Gasteiger charge is -2.17. The van der Waals surface area contributed by atoms with Crippen LogP contribution < -0.4 is 0 Å². The van der Waals surface area contributed by atoms with Crippen LogP contribution >= 0.6 is 27.3 Å². The molecule has 0 saturated heterocycles. The molecule has 1 nitrogen and oxygen atoms in total. The third-order valence-corrected chi connectivity index (χ3v) is 3.21. The van der Waals surface area contributed by atoms with E-state index in [9.17, 15) is 4.79 Å². The van der Waals surface area contributed by atoms with Crippen LogP contribution in [0, 0.1) is 0 Å². The molecule has 0 atom stereocenters. The average Bonchev–Trinajstić information content (AvgIpc) is 2.29. The first-order chi connectivity index (χ1) is 5.45. The highest BCUT2D eigenvalue weighted by Gasteiger charge is 2.19. The lowest BCUT2D eigenvalue weighted by atomic mass is 9.88. The quantitative estimate of drug-likeness (QED) is 0.692. The fourth-order valence-corrected chi connectivity index (χ4v) is 2.71. The van der Waals surface area contributed by atoms with Crippen molar-refractivity contribution < 1.29 is 4.79 Å². The molecule has 1 aromatic rings. The molecular weight excluding hydrogens is 236 g/mol. The molecule has 1 rings (SSSR count). The molecule has 0 aromatic carbocycles. The van der Waals surface area contributed by atoms with Crippen LogP contribution in [0.25, 0.3) is 0 Å². The fourth-order valence-electron chi connectivity index (χ4n) is 1.05. The summed E-state index contributed by atoms with van der Waals surface area (Å²) in [5, 5.41) is 0. The van der Waals surface area contributed by atoms with Crippen LogP contribution in [0.4, 0.5) is 0 Å². The van der Waals surface area contributed by atoms with Gasteiger partial charge in [-0.05, 0) is 33.0 Å². The summed E-state index contributed by atoms with van der Waals surface area (Å²) in [6, 6.07) is 2.02. The normalized spacial score (nSPS) is 11.7. The molecule has 1 aromatic heterocycles. The van der Waals surface area contributed by atoms with Crippen molar-refractivity contribution in [2.45, 2.75) is 26.2 Å². The largest absolute Gasteiger partial charge is 0.297 e. The molecule has 0 spiro atoms. The molecule has 0 aliphatic rings. The number of hydrogen-bond acceptors (Lipinski definition) is 2. The van der Waals surface area contributed by atoms with Gasteiger partial charge < -0.3 is 0 Å². The highest BCUT2D eigenvalue weighted by molar-refractivity contribution is 9.11. The maximum Gasteiger partial charge on any atom is 0.160 e. The minimum atomic E-state index is 0.0543. The molecule has 66 valence electrons. The standard InChI is InChI=1S/C9H11BrOS/c1-9(2,3)6-4-8(10)12-7(6)5-11/h4-5H,1-3H3. The first-order valence-corrected chi connectivity index (χ1v) is 5.31. The Morgan fingerprint density at radius 2 is 2.08 bits per heavy atom. The Morgan fingerprint density at radius 1 is 1.50 bits per heavy atom. The number of aldehydes is 1. The minimum absolute atomic E-state index is 0.0543. The first-order valence-electron chi connectivity index (χ1n) is 3.70. The topological polar surface area (TPSA) is 17.1 Å². The van der Waals surface area contributed by atoms with E-state index in [1.165, 1.54) is 11.3 Å². The summed E-state index contributed by atoms with van der Waals surface area (Å²) in [4.78, 5) is 11.5. The van der Waals surface area contributed by atoms with Gasteiger partial charge in [0.05, 0.1) is 8.66 Å². The number of rotatable bonds is 1. The lowest BCUT2D eigenvalue weighted by molar-refractivity contribution is 0.112. The van der Waals surface area contributed by atoms with Crippen LogP contribution in [0.2, 0.25) is 0 Å². The molecule has 12 heavy (non-hydrogen) atoms. The third-order valence-electron chi connectivity index (χ3n) is 1.65. The van der Waals surface area contributed by atoms with E-state index >= 15 is 0 Å². The molecule has 0 radical (unpaired) electrons. The van der Waals surface area contributed by atoms with Gasteiger partial charge in [0.1, 0.15) is 0 Å². The van der Waals surface area contributed by atoms with E-state index in [1.54, 1.807) is 0 Å². The van der Waals surface area contributed by atoms with Crippen molar-refractivity contribution in [2.75, 3.05) is 0 Å². The fraction of sp³-hybridized carbons (Fsp3) is 0.444. The zero-order valence-electron chi connectivity index (χ0n) is 7.35. The van der Waals surface area contributed by atoms with Crippen molar-refractivity contribution in [1.82, 2.24) is 0 Å². The summed E-state index contributed by atoms with van der Waals surface area (Å²) in [5.41, 5.74) is 1.17. The van der Waals surface area contributed by atoms with Crippen LogP contribution in [0.1, 0.15) is 36.0 Å². The second-order valence-electron chi connectivity index (χ2n) is 3.70. The molecule has 0 aliphatic carbocycles. The molecule has 0 aliphatic heterocycles.